The van der Waals surface area contributed by atoms with Gasteiger partial charge in [-0.2, -0.15) is 0 Å². The topological polar surface area (TPSA) is 58.6 Å². The molecule has 1 fully saturated rings. The minimum Gasteiger partial charge on any atom is -0.385 e. The molecule has 2 unspecified atom stereocenters. The standard InChI is InChI=1S/C12H22N2O3/c1-4-5-10-12(16)14(8-11(15)13-10)9(2)6-7-17-3/h9-10H,4-8H2,1-3H3,(H,13,15). The van der Waals surface area contributed by atoms with Gasteiger partial charge in [-0.25, -0.2) is 0 Å². The SMILES string of the molecule is CCCC1NC(=O)CN(C(C)CCOC)C1=O. The maximum Gasteiger partial charge on any atom is 0.245 e. The molecule has 0 aromatic heterocycles. The van der Waals surface area contributed by atoms with Crippen LogP contribution in [0.15, 0.2) is 0 Å². The molecule has 2 atom stereocenters. The first-order valence-electron chi connectivity index (χ1n) is 6.19. The molecule has 0 saturated carbocycles. The summed E-state index contributed by atoms with van der Waals surface area (Å²) in [5.74, 6) is -0.0256. The van der Waals surface area contributed by atoms with Gasteiger partial charge < -0.3 is 15.0 Å². The van der Waals surface area contributed by atoms with Crippen molar-refractivity contribution in [1.82, 2.24) is 10.2 Å². The third-order valence-electron chi connectivity index (χ3n) is 3.08. The van der Waals surface area contributed by atoms with Gasteiger partial charge in [-0.15, -0.1) is 0 Å². The van der Waals surface area contributed by atoms with Gasteiger partial charge in [0.05, 0.1) is 6.54 Å². The maximum absolute atomic E-state index is 12.1. The van der Waals surface area contributed by atoms with Crippen LogP contribution in [0.4, 0.5) is 0 Å². The molecule has 17 heavy (non-hydrogen) atoms. The van der Waals surface area contributed by atoms with E-state index in [0.29, 0.717) is 13.0 Å². The lowest BCUT2D eigenvalue weighted by atomic mass is 10.1. The van der Waals surface area contributed by atoms with Gasteiger partial charge >= 0.3 is 0 Å². The van der Waals surface area contributed by atoms with E-state index < -0.39 is 0 Å². The summed E-state index contributed by atoms with van der Waals surface area (Å²) in [4.78, 5) is 25.3. The summed E-state index contributed by atoms with van der Waals surface area (Å²) >= 11 is 0. The van der Waals surface area contributed by atoms with Crippen LogP contribution in [0.3, 0.4) is 0 Å². The van der Waals surface area contributed by atoms with E-state index >= 15 is 0 Å². The number of hydrogen-bond donors (Lipinski definition) is 1. The molecule has 0 spiro atoms. The van der Waals surface area contributed by atoms with Crippen LogP contribution < -0.4 is 5.32 Å². The number of nitrogens with one attached hydrogen (secondary N) is 1. The summed E-state index contributed by atoms with van der Waals surface area (Å²) in [5.41, 5.74) is 0. The van der Waals surface area contributed by atoms with Gasteiger partial charge in [-0.05, 0) is 19.8 Å². The molecule has 0 aliphatic carbocycles. The summed E-state index contributed by atoms with van der Waals surface area (Å²) in [6.07, 6.45) is 2.35. The van der Waals surface area contributed by atoms with Gasteiger partial charge in [0.1, 0.15) is 6.04 Å². The Kier molecular flexibility index (Phi) is 5.41. The van der Waals surface area contributed by atoms with Crippen LogP contribution in [-0.4, -0.2) is 49.1 Å². The summed E-state index contributed by atoms with van der Waals surface area (Å²) in [6, 6.07) is -0.292. The largest absolute Gasteiger partial charge is 0.385 e. The molecule has 1 aliphatic heterocycles. The van der Waals surface area contributed by atoms with Crippen molar-refractivity contribution in [2.24, 2.45) is 0 Å². The Balaban J connectivity index is 2.63. The zero-order valence-electron chi connectivity index (χ0n) is 10.9. The van der Waals surface area contributed by atoms with Crippen molar-refractivity contribution in [2.75, 3.05) is 20.3 Å². The highest BCUT2D eigenvalue weighted by atomic mass is 16.5. The highest BCUT2D eigenvalue weighted by molar-refractivity contribution is 5.94. The summed E-state index contributed by atoms with van der Waals surface area (Å²) < 4.78 is 5.00. The fourth-order valence-electron chi connectivity index (χ4n) is 2.04. The number of methoxy groups -OCH3 is 1. The zero-order chi connectivity index (χ0) is 12.8. The average molecular weight is 242 g/mol. The molecule has 1 heterocycles. The van der Waals surface area contributed by atoms with Crippen LogP contribution in [-0.2, 0) is 14.3 Å². The van der Waals surface area contributed by atoms with Gasteiger partial charge in [0.15, 0.2) is 0 Å². The third kappa shape index (κ3) is 3.70. The van der Waals surface area contributed by atoms with E-state index in [-0.39, 0.29) is 30.4 Å². The third-order valence-corrected chi connectivity index (χ3v) is 3.08. The van der Waals surface area contributed by atoms with E-state index in [1.54, 1.807) is 12.0 Å². The quantitative estimate of drug-likeness (QED) is 0.739. The Hall–Kier alpha value is -1.10. The van der Waals surface area contributed by atoms with Crippen molar-refractivity contribution in [2.45, 2.75) is 45.2 Å². The molecule has 0 aromatic rings. The van der Waals surface area contributed by atoms with Crippen molar-refractivity contribution >= 4 is 11.8 Å². The molecule has 1 N–H and O–H groups in total. The minimum absolute atomic E-state index is 0.0371. The maximum atomic E-state index is 12.1. The molecular formula is C12H22N2O3. The molecule has 98 valence electrons. The smallest absolute Gasteiger partial charge is 0.245 e. The number of carbonyl (C=O) groups excluding carboxylic acids is 2. The first kappa shape index (κ1) is 14.0. The minimum atomic E-state index is -0.341. The number of piperazine rings is 1. The number of nitrogens with zero attached hydrogens (tertiary/aromatic N) is 1. The van der Waals surface area contributed by atoms with Gasteiger partial charge in [0.25, 0.3) is 0 Å². The Morgan fingerprint density at radius 2 is 2.24 bits per heavy atom. The summed E-state index contributed by atoms with van der Waals surface area (Å²) in [6.45, 7) is 4.74. The average Bonchev–Trinajstić information content (AvgIpc) is 2.30. The van der Waals surface area contributed by atoms with Crippen molar-refractivity contribution in [3.63, 3.8) is 0 Å². The number of ether oxygens (including phenoxy) is 1. The normalized spacial score (nSPS) is 22.5. The molecule has 1 saturated heterocycles. The lowest BCUT2D eigenvalue weighted by molar-refractivity contribution is -0.146. The first-order valence-corrected chi connectivity index (χ1v) is 6.19. The van der Waals surface area contributed by atoms with E-state index in [1.165, 1.54) is 0 Å². The highest BCUT2D eigenvalue weighted by Crippen LogP contribution is 2.13. The molecule has 1 aliphatic rings. The van der Waals surface area contributed by atoms with Gasteiger partial charge in [0.2, 0.25) is 11.8 Å². The Bertz CT molecular complexity index is 281. The second kappa shape index (κ2) is 6.59. The predicted octanol–water partition coefficient (Wildman–Crippen LogP) is 0.538. The lowest BCUT2D eigenvalue weighted by Crippen LogP contribution is -2.60. The second-order valence-electron chi connectivity index (χ2n) is 4.51. The predicted molar refractivity (Wildman–Crippen MR) is 64.5 cm³/mol. The van der Waals surface area contributed by atoms with Crippen LogP contribution in [0, 0.1) is 0 Å². The van der Waals surface area contributed by atoms with E-state index in [2.05, 4.69) is 5.32 Å². The van der Waals surface area contributed by atoms with Crippen LogP contribution in [0.25, 0.3) is 0 Å². The summed E-state index contributed by atoms with van der Waals surface area (Å²) in [7, 11) is 1.64. The van der Waals surface area contributed by atoms with Crippen molar-refractivity contribution in [1.29, 1.82) is 0 Å². The zero-order valence-corrected chi connectivity index (χ0v) is 10.9. The Morgan fingerprint density at radius 3 is 2.82 bits per heavy atom. The first-order chi connectivity index (χ1) is 8.10. The van der Waals surface area contributed by atoms with Crippen LogP contribution in [0.5, 0.6) is 0 Å². The number of carbonyl (C=O) groups is 2. The van der Waals surface area contributed by atoms with Gasteiger partial charge in [-0.3, -0.25) is 9.59 Å². The van der Waals surface area contributed by atoms with E-state index in [4.69, 9.17) is 4.74 Å². The van der Waals surface area contributed by atoms with Crippen LogP contribution in [0.2, 0.25) is 0 Å². The molecule has 5 heteroatoms. The fourth-order valence-corrected chi connectivity index (χ4v) is 2.04. The van der Waals surface area contributed by atoms with Crippen LogP contribution in [0.1, 0.15) is 33.1 Å². The van der Waals surface area contributed by atoms with Crippen molar-refractivity contribution in [3.05, 3.63) is 0 Å². The van der Waals surface area contributed by atoms with E-state index in [9.17, 15) is 9.59 Å². The molecule has 1 rings (SSSR count). The summed E-state index contributed by atoms with van der Waals surface area (Å²) in [5, 5.41) is 2.75. The van der Waals surface area contributed by atoms with Crippen molar-refractivity contribution in [3.8, 4) is 0 Å². The van der Waals surface area contributed by atoms with Crippen molar-refractivity contribution < 1.29 is 14.3 Å². The van der Waals surface area contributed by atoms with Gasteiger partial charge in [0, 0.05) is 19.8 Å². The molecule has 5 nitrogen and oxygen atoms in total. The Morgan fingerprint density at radius 1 is 1.53 bits per heavy atom. The Labute approximate surface area is 102 Å². The monoisotopic (exact) mass is 242 g/mol. The molecular weight excluding hydrogens is 220 g/mol. The molecule has 0 bridgehead atoms. The number of rotatable bonds is 6. The van der Waals surface area contributed by atoms with Gasteiger partial charge in [-0.1, -0.05) is 13.3 Å². The van der Waals surface area contributed by atoms with E-state index in [1.807, 2.05) is 13.8 Å². The fraction of sp³-hybridized carbons (Fsp3) is 0.833. The second-order valence-corrected chi connectivity index (χ2v) is 4.51. The lowest BCUT2D eigenvalue weighted by Gasteiger charge is -2.36. The van der Waals surface area contributed by atoms with Crippen LogP contribution >= 0.6 is 0 Å². The van der Waals surface area contributed by atoms with E-state index in [0.717, 1.165) is 12.8 Å². The number of hydrogen-bond acceptors (Lipinski definition) is 3. The number of amides is 2. The molecule has 2 amide bonds. The molecule has 0 radical (unpaired) electrons. The highest BCUT2D eigenvalue weighted by Gasteiger charge is 2.34. The molecule has 0 aromatic carbocycles.